The highest BCUT2D eigenvalue weighted by Crippen LogP contribution is 2.11. The number of amides is 2. The second kappa shape index (κ2) is 7.47. The van der Waals surface area contributed by atoms with Gasteiger partial charge in [0, 0.05) is 19.0 Å². The van der Waals surface area contributed by atoms with Crippen LogP contribution in [0.15, 0.2) is 0 Å². The lowest BCUT2D eigenvalue weighted by molar-refractivity contribution is -0.137. The maximum absolute atomic E-state index is 11.5. The molecule has 0 aromatic carbocycles. The van der Waals surface area contributed by atoms with Crippen LogP contribution < -0.4 is 10.6 Å². The fourth-order valence-electron chi connectivity index (χ4n) is 2.09. The number of rotatable bonds is 7. The average Bonchev–Trinajstić information content (AvgIpc) is 2.66. The van der Waals surface area contributed by atoms with E-state index in [4.69, 9.17) is 5.11 Å². The summed E-state index contributed by atoms with van der Waals surface area (Å²) in [6.45, 7) is 2.39. The molecule has 0 bridgehead atoms. The molecule has 8 heteroatoms. The Hall–Kier alpha value is -1.31. The fraction of sp³-hybridized carbons (Fsp3) is 0.833. The maximum Gasteiger partial charge on any atom is 0.315 e. The molecule has 7 nitrogen and oxygen atoms in total. The molecule has 1 saturated heterocycles. The molecule has 0 aromatic rings. The van der Waals surface area contributed by atoms with Crippen molar-refractivity contribution in [2.75, 3.05) is 18.1 Å². The Balaban J connectivity index is 2.13. The zero-order chi connectivity index (χ0) is 15.2. The van der Waals surface area contributed by atoms with Crippen molar-refractivity contribution >= 4 is 21.8 Å². The number of urea groups is 1. The average molecular weight is 306 g/mol. The van der Waals surface area contributed by atoms with Crippen LogP contribution in [0.1, 0.15) is 32.6 Å². The molecular weight excluding hydrogens is 284 g/mol. The molecule has 20 heavy (non-hydrogen) atoms. The first kappa shape index (κ1) is 16.7. The number of hydrogen-bond donors (Lipinski definition) is 3. The van der Waals surface area contributed by atoms with E-state index in [1.807, 2.05) is 6.92 Å². The van der Waals surface area contributed by atoms with E-state index in [2.05, 4.69) is 10.6 Å². The molecule has 0 saturated carbocycles. The van der Waals surface area contributed by atoms with Crippen molar-refractivity contribution < 1.29 is 23.1 Å². The first-order valence-corrected chi connectivity index (χ1v) is 8.57. The van der Waals surface area contributed by atoms with Gasteiger partial charge in [0.05, 0.1) is 11.5 Å². The maximum atomic E-state index is 11.5. The number of nitrogens with one attached hydrogen (secondary N) is 2. The molecule has 1 rings (SSSR count). The molecule has 0 aliphatic carbocycles. The Morgan fingerprint density at radius 2 is 2.05 bits per heavy atom. The third-order valence-corrected chi connectivity index (χ3v) is 5.11. The third kappa shape index (κ3) is 6.74. The summed E-state index contributed by atoms with van der Waals surface area (Å²) in [5.41, 5.74) is 0. The smallest absolute Gasteiger partial charge is 0.315 e. The molecule has 0 aromatic heterocycles. The van der Waals surface area contributed by atoms with Crippen LogP contribution in [-0.2, 0) is 14.6 Å². The molecular formula is C12H22N2O5S. The third-order valence-electron chi connectivity index (χ3n) is 3.34. The van der Waals surface area contributed by atoms with Crippen molar-refractivity contribution in [2.45, 2.75) is 38.6 Å². The van der Waals surface area contributed by atoms with Crippen LogP contribution in [0.25, 0.3) is 0 Å². The van der Waals surface area contributed by atoms with Crippen LogP contribution in [0.3, 0.4) is 0 Å². The molecule has 0 spiro atoms. The number of carboxylic acid groups (broad SMARTS) is 1. The van der Waals surface area contributed by atoms with Crippen LogP contribution in [0.2, 0.25) is 0 Å². The van der Waals surface area contributed by atoms with E-state index in [-0.39, 0.29) is 35.9 Å². The Kier molecular flexibility index (Phi) is 6.25. The fourth-order valence-corrected chi connectivity index (χ4v) is 3.76. The number of aliphatic carboxylic acids is 1. The highest BCUT2D eigenvalue weighted by atomic mass is 32.2. The van der Waals surface area contributed by atoms with Gasteiger partial charge in [0.1, 0.15) is 0 Å². The first-order valence-electron chi connectivity index (χ1n) is 6.75. The molecule has 1 aliphatic heterocycles. The summed E-state index contributed by atoms with van der Waals surface area (Å²) in [5.74, 6) is -0.456. The number of sulfone groups is 1. The highest BCUT2D eigenvalue weighted by molar-refractivity contribution is 7.91. The van der Waals surface area contributed by atoms with Crippen LogP contribution in [0, 0.1) is 5.92 Å². The van der Waals surface area contributed by atoms with E-state index >= 15 is 0 Å². The predicted molar refractivity (Wildman–Crippen MR) is 74.2 cm³/mol. The molecule has 2 unspecified atom stereocenters. The van der Waals surface area contributed by atoms with Crippen LogP contribution in [-0.4, -0.2) is 49.6 Å². The number of carbonyl (C=O) groups is 2. The van der Waals surface area contributed by atoms with Gasteiger partial charge in [0.25, 0.3) is 0 Å². The van der Waals surface area contributed by atoms with Gasteiger partial charge in [-0.3, -0.25) is 4.79 Å². The number of carbonyl (C=O) groups excluding carboxylic acids is 1. The van der Waals surface area contributed by atoms with Gasteiger partial charge in [-0.1, -0.05) is 6.92 Å². The van der Waals surface area contributed by atoms with Crippen LogP contribution in [0.4, 0.5) is 4.79 Å². The van der Waals surface area contributed by atoms with Crippen molar-refractivity contribution in [1.82, 2.24) is 10.6 Å². The Morgan fingerprint density at radius 3 is 2.60 bits per heavy atom. The standard InChI is InChI=1S/C12H22N2O5S/c1-9(2-3-11(15)16)4-6-13-12(17)14-10-5-7-20(18,19)8-10/h9-10H,2-8H2,1H3,(H,15,16)(H2,13,14,17). The molecule has 2 atom stereocenters. The van der Waals surface area contributed by atoms with Gasteiger partial charge < -0.3 is 15.7 Å². The van der Waals surface area contributed by atoms with Crippen molar-refractivity contribution in [3.63, 3.8) is 0 Å². The van der Waals surface area contributed by atoms with E-state index in [0.717, 1.165) is 0 Å². The molecule has 116 valence electrons. The lowest BCUT2D eigenvalue weighted by atomic mass is 10.0. The van der Waals surface area contributed by atoms with Gasteiger partial charge in [-0.2, -0.15) is 0 Å². The SMILES string of the molecule is CC(CCNC(=O)NC1CCS(=O)(=O)C1)CCC(=O)O. The van der Waals surface area contributed by atoms with Gasteiger partial charge in [0.2, 0.25) is 0 Å². The lowest BCUT2D eigenvalue weighted by Gasteiger charge is -2.14. The van der Waals surface area contributed by atoms with Crippen molar-refractivity contribution in [1.29, 1.82) is 0 Å². The van der Waals surface area contributed by atoms with Crippen molar-refractivity contribution in [3.8, 4) is 0 Å². The summed E-state index contributed by atoms with van der Waals surface area (Å²) in [5, 5.41) is 13.8. The molecule has 3 N–H and O–H groups in total. The zero-order valence-corrected chi connectivity index (χ0v) is 12.4. The minimum atomic E-state index is -2.99. The van der Waals surface area contributed by atoms with E-state index in [1.54, 1.807) is 0 Å². The van der Waals surface area contributed by atoms with Crippen molar-refractivity contribution in [3.05, 3.63) is 0 Å². The summed E-state index contributed by atoms with van der Waals surface area (Å²) in [6.07, 6.45) is 1.88. The first-order chi connectivity index (χ1) is 9.28. The molecule has 1 aliphatic rings. The Bertz CT molecular complexity index is 449. The lowest BCUT2D eigenvalue weighted by Crippen LogP contribution is -2.43. The van der Waals surface area contributed by atoms with Crippen LogP contribution in [0.5, 0.6) is 0 Å². The quantitative estimate of drug-likeness (QED) is 0.629. The van der Waals surface area contributed by atoms with E-state index < -0.39 is 15.8 Å². The Morgan fingerprint density at radius 1 is 1.35 bits per heavy atom. The summed E-state index contributed by atoms with van der Waals surface area (Å²) < 4.78 is 22.5. The summed E-state index contributed by atoms with van der Waals surface area (Å²) in [4.78, 5) is 21.9. The second-order valence-electron chi connectivity index (χ2n) is 5.33. The molecule has 1 heterocycles. The second-order valence-corrected chi connectivity index (χ2v) is 7.56. The van der Waals surface area contributed by atoms with Gasteiger partial charge >= 0.3 is 12.0 Å². The molecule has 2 amide bonds. The summed E-state index contributed by atoms with van der Waals surface area (Å²) in [6, 6.07) is -0.665. The van der Waals surface area contributed by atoms with Gasteiger partial charge in [-0.25, -0.2) is 13.2 Å². The van der Waals surface area contributed by atoms with Crippen LogP contribution >= 0.6 is 0 Å². The van der Waals surface area contributed by atoms with E-state index in [1.165, 1.54) is 0 Å². The van der Waals surface area contributed by atoms with E-state index in [0.29, 0.717) is 25.8 Å². The molecule has 0 radical (unpaired) electrons. The van der Waals surface area contributed by atoms with Crippen molar-refractivity contribution in [2.24, 2.45) is 5.92 Å². The minimum Gasteiger partial charge on any atom is -0.481 e. The van der Waals surface area contributed by atoms with Gasteiger partial charge in [0.15, 0.2) is 9.84 Å². The summed E-state index contributed by atoms with van der Waals surface area (Å²) in [7, 11) is -2.99. The Labute approximate surface area is 119 Å². The number of hydrogen-bond acceptors (Lipinski definition) is 4. The molecule has 1 fully saturated rings. The monoisotopic (exact) mass is 306 g/mol. The van der Waals surface area contributed by atoms with E-state index in [9.17, 15) is 18.0 Å². The topological polar surface area (TPSA) is 113 Å². The normalized spacial score (nSPS) is 22.1. The number of carboxylic acids is 1. The summed E-state index contributed by atoms with van der Waals surface area (Å²) >= 11 is 0. The predicted octanol–water partition coefficient (Wildman–Crippen LogP) is 0.364. The largest absolute Gasteiger partial charge is 0.481 e. The van der Waals surface area contributed by atoms with Gasteiger partial charge in [-0.15, -0.1) is 0 Å². The zero-order valence-electron chi connectivity index (χ0n) is 11.6. The highest BCUT2D eigenvalue weighted by Gasteiger charge is 2.28. The minimum absolute atomic E-state index is 0.00936. The van der Waals surface area contributed by atoms with Gasteiger partial charge in [-0.05, 0) is 25.2 Å².